The van der Waals surface area contributed by atoms with Crippen molar-refractivity contribution in [3.63, 3.8) is 0 Å². The van der Waals surface area contributed by atoms with Gasteiger partial charge in [0.15, 0.2) is 0 Å². The van der Waals surface area contributed by atoms with Crippen molar-refractivity contribution < 1.29 is 0 Å². The molecule has 44 valence electrons. The van der Waals surface area contributed by atoms with E-state index in [2.05, 4.69) is 0 Å². The van der Waals surface area contributed by atoms with Crippen LogP contribution in [0, 0.1) is 0 Å². The highest BCUT2D eigenvalue weighted by atomic mass is 35.5. The molecular formula is C5H4Cl2S. The summed E-state index contributed by atoms with van der Waals surface area (Å²) in [6, 6.07) is 1.87. The minimum absolute atomic E-state index is 0.559. The van der Waals surface area contributed by atoms with E-state index in [9.17, 15) is 0 Å². The highest BCUT2D eigenvalue weighted by molar-refractivity contribution is 7.14. The van der Waals surface area contributed by atoms with Crippen LogP contribution in [0.25, 0.3) is 0 Å². The molecule has 1 heterocycles. The second kappa shape index (κ2) is 2.72. The van der Waals surface area contributed by atoms with Gasteiger partial charge in [-0.05, 0) is 17.0 Å². The van der Waals surface area contributed by atoms with E-state index in [1.807, 2.05) is 11.4 Å². The molecule has 3 heteroatoms. The summed E-state index contributed by atoms with van der Waals surface area (Å²) in [7, 11) is 0. The predicted octanol–water partition coefficient (Wildman–Crippen LogP) is 3.14. The molecule has 0 fully saturated rings. The molecule has 1 aromatic rings. The summed E-state index contributed by atoms with van der Waals surface area (Å²) in [5.74, 6) is 0.559. The SMILES string of the molecule is ClCc1csc(Cl)c1. The van der Waals surface area contributed by atoms with E-state index in [1.54, 1.807) is 0 Å². The Hall–Kier alpha value is 0.280. The van der Waals surface area contributed by atoms with E-state index in [1.165, 1.54) is 11.3 Å². The molecule has 0 aliphatic heterocycles. The molecule has 1 rings (SSSR count). The van der Waals surface area contributed by atoms with Crippen LogP contribution in [0.2, 0.25) is 4.34 Å². The van der Waals surface area contributed by atoms with Crippen LogP contribution < -0.4 is 0 Å². The first-order valence-electron chi connectivity index (χ1n) is 2.12. The minimum atomic E-state index is 0.559. The molecule has 0 N–H and O–H groups in total. The van der Waals surface area contributed by atoms with Gasteiger partial charge in [-0.15, -0.1) is 22.9 Å². The van der Waals surface area contributed by atoms with Crippen molar-refractivity contribution in [2.75, 3.05) is 0 Å². The Morgan fingerprint density at radius 2 is 2.38 bits per heavy atom. The number of hydrogen-bond acceptors (Lipinski definition) is 1. The molecule has 1 aromatic heterocycles. The van der Waals surface area contributed by atoms with Crippen LogP contribution in [-0.4, -0.2) is 0 Å². The van der Waals surface area contributed by atoms with E-state index in [0.29, 0.717) is 5.88 Å². The zero-order valence-electron chi connectivity index (χ0n) is 4.03. The molecular weight excluding hydrogens is 163 g/mol. The van der Waals surface area contributed by atoms with Crippen LogP contribution in [-0.2, 0) is 5.88 Å². The van der Waals surface area contributed by atoms with Gasteiger partial charge in [0, 0.05) is 5.88 Å². The Kier molecular flexibility index (Phi) is 2.17. The lowest BCUT2D eigenvalue weighted by Gasteiger charge is -1.77. The van der Waals surface area contributed by atoms with Crippen molar-refractivity contribution in [3.05, 3.63) is 21.3 Å². The fraction of sp³-hybridized carbons (Fsp3) is 0.200. The molecule has 0 aromatic carbocycles. The normalized spacial score (nSPS) is 9.75. The summed E-state index contributed by atoms with van der Waals surface area (Å²) < 4.78 is 0.806. The van der Waals surface area contributed by atoms with Crippen LogP contribution in [0.3, 0.4) is 0 Å². The number of rotatable bonds is 1. The molecule has 0 aliphatic carbocycles. The van der Waals surface area contributed by atoms with Crippen LogP contribution in [0.5, 0.6) is 0 Å². The van der Waals surface area contributed by atoms with Gasteiger partial charge in [-0.1, -0.05) is 11.6 Å². The minimum Gasteiger partial charge on any atom is -0.132 e. The molecule has 0 unspecified atom stereocenters. The smallest absolute Gasteiger partial charge is 0.0931 e. The number of hydrogen-bond donors (Lipinski definition) is 0. The summed E-state index contributed by atoms with van der Waals surface area (Å²) in [5, 5.41) is 1.95. The van der Waals surface area contributed by atoms with Crippen molar-refractivity contribution in [2.45, 2.75) is 5.88 Å². The Bertz CT molecular complexity index is 171. The largest absolute Gasteiger partial charge is 0.132 e. The van der Waals surface area contributed by atoms with Crippen LogP contribution in [0.15, 0.2) is 11.4 Å². The highest BCUT2D eigenvalue weighted by Crippen LogP contribution is 2.20. The van der Waals surface area contributed by atoms with Crippen LogP contribution in [0.4, 0.5) is 0 Å². The topological polar surface area (TPSA) is 0 Å². The molecule has 0 saturated carbocycles. The average Bonchev–Trinajstić information content (AvgIpc) is 2.14. The Balaban J connectivity index is 2.84. The van der Waals surface area contributed by atoms with Gasteiger partial charge in [-0.2, -0.15) is 0 Å². The Morgan fingerprint density at radius 3 is 2.62 bits per heavy atom. The van der Waals surface area contributed by atoms with E-state index in [0.717, 1.165) is 9.90 Å². The molecule has 8 heavy (non-hydrogen) atoms. The third-order valence-corrected chi connectivity index (χ3v) is 2.22. The highest BCUT2D eigenvalue weighted by Gasteiger charge is 1.92. The molecule has 0 atom stereocenters. The summed E-state index contributed by atoms with van der Waals surface area (Å²) in [5.41, 5.74) is 1.10. The predicted molar refractivity (Wildman–Crippen MR) is 38.9 cm³/mol. The van der Waals surface area contributed by atoms with Gasteiger partial charge in [0.05, 0.1) is 4.34 Å². The average molecular weight is 167 g/mol. The maximum atomic E-state index is 5.60. The second-order valence-electron chi connectivity index (χ2n) is 1.39. The van der Waals surface area contributed by atoms with Crippen molar-refractivity contribution in [2.24, 2.45) is 0 Å². The maximum absolute atomic E-state index is 5.60. The lowest BCUT2D eigenvalue weighted by Crippen LogP contribution is -1.62. The molecule has 0 spiro atoms. The number of thiophene rings is 1. The monoisotopic (exact) mass is 166 g/mol. The quantitative estimate of drug-likeness (QED) is 0.563. The lowest BCUT2D eigenvalue weighted by atomic mass is 10.4. The molecule has 0 saturated heterocycles. The van der Waals surface area contributed by atoms with Crippen molar-refractivity contribution in [3.8, 4) is 0 Å². The fourth-order valence-corrected chi connectivity index (χ4v) is 1.57. The fourth-order valence-electron chi connectivity index (χ4n) is 0.416. The van der Waals surface area contributed by atoms with E-state index in [-0.39, 0.29) is 0 Å². The van der Waals surface area contributed by atoms with Gasteiger partial charge >= 0.3 is 0 Å². The van der Waals surface area contributed by atoms with E-state index >= 15 is 0 Å². The summed E-state index contributed by atoms with van der Waals surface area (Å²) in [4.78, 5) is 0. The van der Waals surface area contributed by atoms with Crippen molar-refractivity contribution in [1.82, 2.24) is 0 Å². The van der Waals surface area contributed by atoms with E-state index in [4.69, 9.17) is 23.2 Å². The number of alkyl halides is 1. The maximum Gasteiger partial charge on any atom is 0.0931 e. The van der Waals surface area contributed by atoms with Gasteiger partial charge in [-0.25, -0.2) is 0 Å². The second-order valence-corrected chi connectivity index (χ2v) is 3.20. The van der Waals surface area contributed by atoms with Crippen molar-refractivity contribution in [1.29, 1.82) is 0 Å². The molecule has 0 radical (unpaired) electrons. The molecule has 0 nitrogen and oxygen atoms in total. The zero-order valence-corrected chi connectivity index (χ0v) is 6.35. The number of halogens is 2. The summed E-state index contributed by atoms with van der Waals surface area (Å²) in [6.45, 7) is 0. The van der Waals surface area contributed by atoms with E-state index < -0.39 is 0 Å². The first-order chi connectivity index (χ1) is 3.83. The van der Waals surface area contributed by atoms with Crippen LogP contribution in [0.1, 0.15) is 5.56 Å². The first kappa shape index (κ1) is 6.40. The van der Waals surface area contributed by atoms with Gasteiger partial charge in [0.25, 0.3) is 0 Å². The zero-order chi connectivity index (χ0) is 5.98. The molecule has 0 amide bonds. The molecule has 0 bridgehead atoms. The lowest BCUT2D eigenvalue weighted by molar-refractivity contribution is 1.46. The molecule has 0 aliphatic rings. The summed E-state index contributed by atoms with van der Waals surface area (Å²) in [6.07, 6.45) is 0. The van der Waals surface area contributed by atoms with Crippen LogP contribution >= 0.6 is 34.5 Å². The standard InChI is InChI=1S/C5H4Cl2S/c6-2-4-1-5(7)8-3-4/h1,3H,2H2. The van der Waals surface area contributed by atoms with Gasteiger partial charge in [0.1, 0.15) is 0 Å². The Morgan fingerprint density at radius 1 is 1.62 bits per heavy atom. The summed E-state index contributed by atoms with van der Waals surface area (Å²) >= 11 is 12.6. The van der Waals surface area contributed by atoms with Gasteiger partial charge < -0.3 is 0 Å². The van der Waals surface area contributed by atoms with Gasteiger partial charge in [0.2, 0.25) is 0 Å². The first-order valence-corrected chi connectivity index (χ1v) is 3.91. The van der Waals surface area contributed by atoms with Crippen molar-refractivity contribution >= 4 is 34.5 Å². The third kappa shape index (κ3) is 1.38. The Labute approximate surface area is 62.0 Å². The van der Waals surface area contributed by atoms with Gasteiger partial charge in [-0.3, -0.25) is 0 Å². The third-order valence-electron chi connectivity index (χ3n) is 0.776.